The number of aromatic nitrogens is 2. The number of aromatic amines is 1. The van der Waals surface area contributed by atoms with E-state index in [-0.39, 0.29) is 0 Å². The highest BCUT2D eigenvalue weighted by Gasteiger charge is 2.06. The first-order chi connectivity index (χ1) is 9.26. The topological polar surface area (TPSA) is 59.2 Å². The van der Waals surface area contributed by atoms with Crippen molar-refractivity contribution in [2.75, 3.05) is 26.6 Å². The van der Waals surface area contributed by atoms with Crippen molar-refractivity contribution in [3.8, 4) is 11.5 Å². The van der Waals surface area contributed by atoms with Crippen LogP contribution < -0.4 is 14.8 Å². The van der Waals surface area contributed by atoms with Crippen molar-refractivity contribution in [2.45, 2.75) is 12.8 Å². The molecule has 1 aromatic heterocycles. The number of aryl methyl sites for hydroxylation is 2. The minimum atomic E-state index is 0.785. The van der Waals surface area contributed by atoms with Gasteiger partial charge in [-0.1, -0.05) is 0 Å². The number of rotatable bonds is 6. The average molecular weight is 261 g/mol. The van der Waals surface area contributed by atoms with Crippen LogP contribution in [0.2, 0.25) is 0 Å². The van der Waals surface area contributed by atoms with Crippen LogP contribution in [-0.4, -0.2) is 31.2 Å². The lowest BCUT2D eigenvalue weighted by Gasteiger charge is -2.09. The summed E-state index contributed by atoms with van der Waals surface area (Å²) in [5, 5.41) is 2.97. The van der Waals surface area contributed by atoms with Crippen LogP contribution >= 0.6 is 0 Å². The predicted octanol–water partition coefficient (Wildman–Crippen LogP) is 2.25. The third-order valence-electron chi connectivity index (χ3n) is 3.02. The minimum Gasteiger partial charge on any atom is -0.497 e. The number of anilines is 1. The number of imidazole rings is 1. The standard InChI is InChI=1S/C14H19N3O2/c1-15-14-16-9-11(17-14)5-4-10-8-12(18-2)6-7-13(10)19-3/h6-9H,4-5H2,1-3H3,(H2,15,16,17). The molecule has 0 bridgehead atoms. The molecule has 2 N–H and O–H groups in total. The van der Waals surface area contributed by atoms with Crippen molar-refractivity contribution < 1.29 is 9.47 Å². The van der Waals surface area contributed by atoms with E-state index in [2.05, 4.69) is 15.3 Å². The highest BCUT2D eigenvalue weighted by Crippen LogP contribution is 2.25. The van der Waals surface area contributed by atoms with E-state index >= 15 is 0 Å². The first-order valence-electron chi connectivity index (χ1n) is 6.19. The number of hydrogen-bond acceptors (Lipinski definition) is 4. The van der Waals surface area contributed by atoms with Crippen molar-refractivity contribution in [3.05, 3.63) is 35.7 Å². The van der Waals surface area contributed by atoms with Crippen LogP contribution in [0, 0.1) is 0 Å². The normalized spacial score (nSPS) is 10.3. The van der Waals surface area contributed by atoms with Gasteiger partial charge < -0.3 is 19.8 Å². The van der Waals surface area contributed by atoms with Gasteiger partial charge in [0.2, 0.25) is 0 Å². The van der Waals surface area contributed by atoms with Gasteiger partial charge in [0.05, 0.1) is 20.4 Å². The molecule has 0 saturated heterocycles. The monoisotopic (exact) mass is 261 g/mol. The molecule has 0 aliphatic carbocycles. The zero-order valence-electron chi connectivity index (χ0n) is 11.5. The molecule has 1 aromatic carbocycles. The second-order valence-electron chi connectivity index (χ2n) is 4.18. The summed E-state index contributed by atoms with van der Waals surface area (Å²) in [5.41, 5.74) is 2.22. The average Bonchev–Trinajstić information content (AvgIpc) is 2.92. The summed E-state index contributed by atoms with van der Waals surface area (Å²) in [6.07, 6.45) is 3.59. The van der Waals surface area contributed by atoms with E-state index in [9.17, 15) is 0 Å². The summed E-state index contributed by atoms with van der Waals surface area (Å²) in [4.78, 5) is 7.41. The fourth-order valence-electron chi connectivity index (χ4n) is 1.96. The molecule has 0 unspecified atom stereocenters. The van der Waals surface area contributed by atoms with Gasteiger partial charge in [0, 0.05) is 12.7 Å². The first-order valence-corrected chi connectivity index (χ1v) is 6.19. The van der Waals surface area contributed by atoms with Gasteiger partial charge in [-0.3, -0.25) is 0 Å². The number of H-pyrrole nitrogens is 1. The third kappa shape index (κ3) is 3.19. The summed E-state index contributed by atoms with van der Waals surface area (Å²) < 4.78 is 10.6. The Morgan fingerprint density at radius 1 is 1.21 bits per heavy atom. The van der Waals surface area contributed by atoms with E-state index < -0.39 is 0 Å². The highest BCUT2D eigenvalue weighted by molar-refractivity contribution is 5.40. The van der Waals surface area contributed by atoms with Gasteiger partial charge in [-0.15, -0.1) is 0 Å². The lowest BCUT2D eigenvalue weighted by molar-refractivity contribution is 0.398. The molecule has 0 fully saturated rings. The van der Waals surface area contributed by atoms with Gasteiger partial charge in [0.25, 0.3) is 0 Å². The molecule has 19 heavy (non-hydrogen) atoms. The second-order valence-corrected chi connectivity index (χ2v) is 4.18. The van der Waals surface area contributed by atoms with Gasteiger partial charge in [0.1, 0.15) is 11.5 Å². The Hall–Kier alpha value is -2.17. The maximum atomic E-state index is 5.37. The van der Waals surface area contributed by atoms with E-state index in [0.717, 1.165) is 41.5 Å². The van der Waals surface area contributed by atoms with Gasteiger partial charge in [-0.05, 0) is 36.6 Å². The molecule has 5 nitrogen and oxygen atoms in total. The van der Waals surface area contributed by atoms with E-state index in [4.69, 9.17) is 9.47 Å². The Balaban J connectivity index is 2.09. The molecular formula is C14H19N3O2. The first kappa shape index (κ1) is 13.3. The molecule has 1 heterocycles. The van der Waals surface area contributed by atoms with Crippen molar-refractivity contribution in [3.63, 3.8) is 0 Å². The zero-order chi connectivity index (χ0) is 13.7. The fourth-order valence-corrected chi connectivity index (χ4v) is 1.96. The van der Waals surface area contributed by atoms with Crippen molar-refractivity contribution >= 4 is 5.95 Å². The van der Waals surface area contributed by atoms with Crippen LogP contribution in [0.15, 0.2) is 24.4 Å². The van der Waals surface area contributed by atoms with E-state index in [0.29, 0.717) is 0 Å². The Morgan fingerprint density at radius 3 is 2.68 bits per heavy atom. The maximum absolute atomic E-state index is 5.37. The number of hydrogen-bond donors (Lipinski definition) is 2. The summed E-state index contributed by atoms with van der Waals surface area (Å²) in [5.74, 6) is 2.51. The van der Waals surface area contributed by atoms with Gasteiger partial charge >= 0.3 is 0 Å². The molecule has 0 saturated carbocycles. The zero-order valence-corrected chi connectivity index (χ0v) is 11.5. The quantitative estimate of drug-likeness (QED) is 0.837. The molecule has 2 aromatic rings. The molecule has 0 aliphatic heterocycles. The Morgan fingerprint density at radius 2 is 2.05 bits per heavy atom. The number of methoxy groups -OCH3 is 2. The maximum Gasteiger partial charge on any atom is 0.200 e. The van der Waals surface area contributed by atoms with Crippen LogP contribution in [0.3, 0.4) is 0 Å². The molecule has 0 aliphatic rings. The highest BCUT2D eigenvalue weighted by atomic mass is 16.5. The molecule has 0 atom stereocenters. The van der Waals surface area contributed by atoms with E-state index in [1.807, 2.05) is 31.4 Å². The molecule has 102 valence electrons. The number of benzene rings is 1. The minimum absolute atomic E-state index is 0.785. The van der Waals surface area contributed by atoms with Gasteiger partial charge in [0.15, 0.2) is 5.95 Å². The van der Waals surface area contributed by atoms with Crippen molar-refractivity contribution in [1.82, 2.24) is 9.97 Å². The van der Waals surface area contributed by atoms with Crippen LogP contribution in [0.4, 0.5) is 5.95 Å². The molecule has 0 amide bonds. The number of nitrogens with one attached hydrogen (secondary N) is 2. The summed E-state index contributed by atoms with van der Waals surface area (Å²) in [6, 6.07) is 5.84. The Labute approximate surface area is 113 Å². The molecule has 2 rings (SSSR count). The van der Waals surface area contributed by atoms with Crippen LogP contribution in [0.25, 0.3) is 0 Å². The van der Waals surface area contributed by atoms with Crippen LogP contribution in [0.1, 0.15) is 11.3 Å². The smallest absolute Gasteiger partial charge is 0.200 e. The second kappa shape index (κ2) is 6.13. The van der Waals surface area contributed by atoms with Gasteiger partial charge in [-0.2, -0.15) is 0 Å². The number of nitrogens with zero attached hydrogens (tertiary/aromatic N) is 1. The molecule has 5 heteroatoms. The fraction of sp³-hybridized carbons (Fsp3) is 0.357. The number of ether oxygens (including phenoxy) is 2. The van der Waals surface area contributed by atoms with Gasteiger partial charge in [-0.25, -0.2) is 4.98 Å². The molecule has 0 spiro atoms. The van der Waals surface area contributed by atoms with E-state index in [1.54, 1.807) is 14.2 Å². The molecular weight excluding hydrogens is 242 g/mol. The lowest BCUT2D eigenvalue weighted by Crippen LogP contribution is -1.97. The Kier molecular flexibility index (Phi) is 4.28. The SMILES string of the molecule is CNc1ncc(CCc2cc(OC)ccc2OC)[nH]1. The summed E-state index contributed by atoms with van der Waals surface area (Å²) in [7, 11) is 5.19. The summed E-state index contributed by atoms with van der Waals surface area (Å²) >= 11 is 0. The van der Waals surface area contributed by atoms with E-state index in [1.165, 1.54) is 0 Å². The third-order valence-corrected chi connectivity index (χ3v) is 3.02. The lowest BCUT2D eigenvalue weighted by atomic mass is 10.1. The summed E-state index contributed by atoms with van der Waals surface area (Å²) in [6.45, 7) is 0. The predicted molar refractivity (Wildman–Crippen MR) is 75.1 cm³/mol. The Bertz CT molecular complexity index is 537. The van der Waals surface area contributed by atoms with Crippen LogP contribution in [0.5, 0.6) is 11.5 Å². The molecule has 0 radical (unpaired) electrons. The largest absolute Gasteiger partial charge is 0.497 e. The van der Waals surface area contributed by atoms with Crippen LogP contribution in [-0.2, 0) is 12.8 Å². The van der Waals surface area contributed by atoms with Crippen molar-refractivity contribution in [1.29, 1.82) is 0 Å². The van der Waals surface area contributed by atoms with Crippen molar-refractivity contribution in [2.24, 2.45) is 0 Å².